The standard InChI is InChI=1S/C35H42N2O3S/c1-21(2)33-27(20-32(37-33)35(5,6)7)23(4)29(38)14-13-24-11-10-12-25(17-24)41-34-28-19-31(40-9)30(39-8)18-26(28)22(3)15-16-36-34/h10-12,16-21,33H,4,13-15H2,1-3,5-9H3. The third-order valence-corrected chi connectivity index (χ3v) is 8.56. The van der Waals surface area contributed by atoms with Gasteiger partial charge in [-0.05, 0) is 66.0 Å². The lowest BCUT2D eigenvalue weighted by Crippen LogP contribution is -2.28. The first-order valence-electron chi connectivity index (χ1n) is 14.2. The molecule has 2 aliphatic rings. The summed E-state index contributed by atoms with van der Waals surface area (Å²) in [6.07, 6.45) is 5.87. The van der Waals surface area contributed by atoms with E-state index in [0.29, 0.717) is 35.8 Å². The Morgan fingerprint density at radius 1 is 1.10 bits per heavy atom. The van der Waals surface area contributed by atoms with E-state index < -0.39 is 0 Å². The van der Waals surface area contributed by atoms with E-state index in [2.05, 4.69) is 72.4 Å². The highest BCUT2D eigenvalue weighted by atomic mass is 32.2. The van der Waals surface area contributed by atoms with Crippen molar-refractivity contribution in [3.05, 3.63) is 76.2 Å². The van der Waals surface area contributed by atoms with Gasteiger partial charge in [0, 0.05) is 45.9 Å². The first-order chi connectivity index (χ1) is 19.4. The van der Waals surface area contributed by atoms with E-state index in [9.17, 15) is 4.79 Å². The van der Waals surface area contributed by atoms with E-state index in [1.54, 1.807) is 26.0 Å². The fourth-order valence-corrected chi connectivity index (χ4v) is 6.04. The van der Waals surface area contributed by atoms with Gasteiger partial charge in [0.05, 0.1) is 20.3 Å². The lowest BCUT2D eigenvalue weighted by molar-refractivity contribution is -0.115. The van der Waals surface area contributed by atoms with Crippen LogP contribution in [0.15, 0.2) is 75.1 Å². The van der Waals surface area contributed by atoms with Crippen LogP contribution >= 0.6 is 11.8 Å². The fraction of sp³-hybridized carbons (Fsp3) is 0.400. The monoisotopic (exact) mass is 570 g/mol. The van der Waals surface area contributed by atoms with Crippen LogP contribution in [0.2, 0.25) is 0 Å². The Labute approximate surface area is 248 Å². The van der Waals surface area contributed by atoms with Crippen LogP contribution in [0.3, 0.4) is 0 Å². The fourth-order valence-electron chi connectivity index (χ4n) is 5.05. The minimum Gasteiger partial charge on any atom is -0.493 e. The zero-order valence-electron chi connectivity index (χ0n) is 25.6. The summed E-state index contributed by atoms with van der Waals surface area (Å²) < 4.78 is 11.1. The normalized spacial score (nSPS) is 16.8. The lowest BCUT2D eigenvalue weighted by Gasteiger charge is -2.19. The van der Waals surface area contributed by atoms with Gasteiger partial charge in [-0.1, -0.05) is 70.7 Å². The summed E-state index contributed by atoms with van der Waals surface area (Å²) in [7, 11) is 3.30. The predicted molar refractivity (Wildman–Crippen MR) is 173 cm³/mol. The van der Waals surface area contributed by atoms with Crippen LogP contribution in [0.1, 0.15) is 59.9 Å². The van der Waals surface area contributed by atoms with Gasteiger partial charge in [-0.2, -0.15) is 0 Å². The number of benzene rings is 2. The number of carbonyl (C=O) groups is 1. The van der Waals surface area contributed by atoms with Crippen LogP contribution in [0, 0.1) is 11.3 Å². The summed E-state index contributed by atoms with van der Waals surface area (Å²) in [6.45, 7) is 17.1. The Morgan fingerprint density at radius 2 is 1.78 bits per heavy atom. The quantitative estimate of drug-likeness (QED) is 0.298. The van der Waals surface area contributed by atoms with Gasteiger partial charge < -0.3 is 9.47 Å². The van der Waals surface area contributed by atoms with Crippen LogP contribution in [0.5, 0.6) is 11.5 Å². The molecule has 0 aromatic heterocycles. The number of hydrogen-bond donors (Lipinski definition) is 0. The van der Waals surface area contributed by atoms with Crippen LogP contribution in [-0.2, 0) is 11.2 Å². The molecule has 2 aromatic carbocycles. The molecule has 0 aliphatic carbocycles. The third-order valence-electron chi connectivity index (χ3n) is 7.55. The van der Waals surface area contributed by atoms with Gasteiger partial charge in [0.2, 0.25) is 0 Å². The Kier molecular flexibility index (Phi) is 9.43. The van der Waals surface area contributed by atoms with E-state index in [1.165, 1.54) is 5.57 Å². The van der Waals surface area contributed by atoms with E-state index in [1.807, 2.05) is 24.4 Å². The third kappa shape index (κ3) is 6.92. The molecule has 1 unspecified atom stereocenters. The van der Waals surface area contributed by atoms with Crippen molar-refractivity contribution in [2.24, 2.45) is 21.3 Å². The second kappa shape index (κ2) is 12.6. The highest BCUT2D eigenvalue weighted by Crippen LogP contribution is 2.34. The van der Waals surface area contributed by atoms with Crippen molar-refractivity contribution < 1.29 is 14.3 Å². The molecule has 0 spiro atoms. The molecule has 216 valence electrons. The molecule has 0 fully saturated rings. The molecule has 2 aliphatic heterocycles. The SMILES string of the molecule is C=C(C(=O)CCc1cccc(SC2=c3cc(OC)c(OC)cc3=C(C)CC=N2)c1)C1=CC(C(C)(C)C)=NC1C(C)C. The first-order valence-corrected chi connectivity index (χ1v) is 15.0. The van der Waals surface area contributed by atoms with Crippen LogP contribution in [0.25, 0.3) is 10.6 Å². The number of thioether (sulfide) groups is 1. The molecule has 0 saturated heterocycles. The smallest absolute Gasteiger partial charge is 0.162 e. The number of ether oxygens (including phenoxy) is 2. The molecule has 2 aromatic rings. The van der Waals surface area contributed by atoms with Gasteiger partial charge in [-0.3, -0.25) is 14.8 Å². The molecule has 5 nitrogen and oxygen atoms in total. The van der Waals surface area contributed by atoms with Crippen molar-refractivity contribution in [1.82, 2.24) is 0 Å². The van der Waals surface area contributed by atoms with Crippen molar-refractivity contribution in [3.8, 4) is 11.5 Å². The molecule has 0 bridgehead atoms. The highest BCUT2D eigenvalue weighted by Gasteiger charge is 2.31. The van der Waals surface area contributed by atoms with Crippen LogP contribution in [-0.4, -0.2) is 38.0 Å². The molecule has 0 amide bonds. The maximum absolute atomic E-state index is 13.3. The van der Waals surface area contributed by atoms with Gasteiger partial charge >= 0.3 is 0 Å². The molecule has 0 N–H and O–H groups in total. The highest BCUT2D eigenvalue weighted by molar-refractivity contribution is 8.07. The summed E-state index contributed by atoms with van der Waals surface area (Å²) in [6, 6.07) is 12.4. The molecule has 2 heterocycles. The van der Waals surface area contributed by atoms with E-state index in [-0.39, 0.29) is 17.2 Å². The second-order valence-electron chi connectivity index (χ2n) is 12.1. The Bertz CT molecular complexity index is 1570. The number of fused-ring (bicyclic) bond motifs is 1. The van der Waals surface area contributed by atoms with Gasteiger partial charge in [0.25, 0.3) is 0 Å². The van der Waals surface area contributed by atoms with Crippen molar-refractivity contribution in [3.63, 3.8) is 0 Å². The number of aliphatic imine (C=N–C) groups is 2. The maximum atomic E-state index is 13.3. The first kappa shape index (κ1) is 30.6. The van der Waals surface area contributed by atoms with Crippen molar-refractivity contribution in [2.75, 3.05) is 14.2 Å². The topological polar surface area (TPSA) is 60.2 Å². The van der Waals surface area contributed by atoms with E-state index in [0.717, 1.165) is 43.6 Å². The van der Waals surface area contributed by atoms with Crippen LogP contribution in [0.4, 0.5) is 0 Å². The van der Waals surface area contributed by atoms with Gasteiger partial charge in [-0.25, -0.2) is 0 Å². The lowest BCUT2D eigenvalue weighted by atomic mass is 9.87. The zero-order chi connectivity index (χ0) is 29.9. The van der Waals surface area contributed by atoms with Crippen molar-refractivity contribution in [1.29, 1.82) is 0 Å². The summed E-state index contributed by atoms with van der Waals surface area (Å²) >= 11 is 1.62. The Hall–Kier alpha value is -3.38. The molecule has 4 rings (SSSR count). The Morgan fingerprint density at radius 3 is 2.41 bits per heavy atom. The van der Waals surface area contributed by atoms with Crippen molar-refractivity contribution in [2.45, 2.75) is 71.7 Å². The van der Waals surface area contributed by atoms with Gasteiger partial charge in [0.1, 0.15) is 5.03 Å². The number of nitrogens with zero attached hydrogens (tertiary/aromatic N) is 2. The molecular weight excluding hydrogens is 528 g/mol. The number of methoxy groups -OCH3 is 2. The number of allylic oxidation sites excluding steroid dienone is 1. The molecule has 1 atom stereocenters. The number of ketones is 1. The van der Waals surface area contributed by atoms with Gasteiger partial charge in [0.15, 0.2) is 17.3 Å². The number of Topliss-reactive ketones (excluding diaryl/α,β-unsaturated/α-hetero) is 1. The number of aryl methyl sites for hydroxylation is 1. The summed E-state index contributed by atoms with van der Waals surface area (Å²) in [5.41, 5.74) is 4.87. The number of hydrogen-bond acceptors (Lipinski definition) is 6. The maximum Gasteiger partial charge on any atom is 0.162 e. The largest absolute Gasteiger partial charge is 0.493 e. The molecule has 0 saturated carbocycles. The van der Waals surface area contributed by atoms with E-state index >= 15 is 0 Å². The summed E-state index contributed by atoms with van der Waals surface area (Å²) in [4.78, 5) is 24.1. The average molecular weight is 571 g/mol. The molecule has 0 radical (unpaired) electrons. The number of rotatable bonds is 10. The Balaban J connectivity index is 1.53. The zero-order valence-corrected chi connectivity index (χ0v) is 26.4. The minimum atomic E-state index is -0.0653. The van der Waals surface area contributed by atoms with Crippen LogP contribution < -0.4 is 19.9 Å². The molecule has 6 heteroatoms. The van der Waals surface area contributed by atoms with Gasteiger partial charge in [-0.15, -0.1) is 0 Å². The molecular formula is C35H42N2O3S. The van der Waals surface area contributed by atoms with Crippen molar-refractivity contribution >= 4 is 40.1 Å². The molecule has 41 heavy (non-hydrogen) atoms. The summed E-state index contributed by atoms with van der Waals surface area (Å²) in [5, 5.41) is 3.04. The average Bonchev–Trinajstić information content (AvgIpc) is 3.35. The minimum absolute atomic E-state index is 0.0140. The summed E-state index contributed by atoms with van der Waals surface area (Å²) in [5.74, 6) is 1.77. The number of carbonyl (C=O) groups excluding carboxylic acids is 1. The second-order valence-corrected chi connectivity index (χ2v) is 13.1. The predicted octanol–water partition coefficient (Wildman–Crippen LogP) is 6.72. The van der Waals surface area contributed by atoms with E-state index in [4.69, 9.17) is 19.5 Å².